The third-order valence-corrected chi connectivity index (χ3v) is 14.4. The summed E-state index contributed by atoms with van der Waals surface area (Å²) in [5.74, 6) is -7.67. The fourth-order valence-electron chi connectivity index (χ4n) is 4.71. The standard InChI is InChI=1S/2C10H7F2O2.2C5H5.Ti/c2*1-6(2)10(13)14-9-4-3-7(11)5-8(9)12;2*1-2-4-5-3-1;/h2*3-4H,1H2,2H3;2*1-3H,4H2;. The van der Waals surface area contributed by atoms with Gasteiger partial charge in [-0.2, -0.15) is 0 Å². The van der Waals surface area contributed by atoms with Gasteiger partial charge in [0.25, 0.3) is 0 Å². The summed E-state index contributed by atoms with van der Waals surface area (Å²) in [5.41, 5.74) is -0.0508. The van der Waals surface area contributed by atoms with E-state index in [1.54, 1.807) is 36.5 Å². The number of esters is 2. The number of benzene rings is 2. The molecule has 0 radical (unpaired) electrons. The molecule has 4 rings (SSSR count). The molecule has 0 spiro atoms. The number of halogens is 4. The number of rotatable bonds is 8. The molecule has 4 nitrogen and oxygen atoms in total. The Hall–Kier alpha value is -3.75. The van der Waals surface area contributed by atoms with Crippen LogP contribution < -0.4 is 17.2 Å². The Labute approximate surface area is 226 Å². The zero-order chi connectivity index (χ0) is 28.5. The van der Waals surface area contributed by atoms with E-state index in [4.69, 9.17) is 9.47 Å². The van der Waals surface area contributed by atoms with E-state index in [2.05, 4.69) is 13.2 Å². The van der Waals surface area contributed by atoms with Crippen molar-refractivity contribution < 1.29 is 53.2 Å². The molecule has 39 heavy (non-hydrogen) atoms. The summed E-state index contributed by atoms with van der Waals surface area (Å²) in [4.78, 5) is 24.4. The van der Waals surface area contributed by atoms with Gasteiger partial charge in [0, 0.05) is 0 Å². The summed E-state index contributed by atoms with van der Waals surface area (Å²) in [6, 6.07) is 3.71. The van der Waals surface area contributed by atoms with Crippen LogP contribution >= 0.6 is 0 Å². The molecule has 200 valence electrons. The first-order chi connectivity index (χ1) is 18.5. The summed E-state index contributed by atoms with van der Waals surface area (Å²) in [5, 5.41) is 0. The zero-order valence-corrected chi connectivity index (χ0v) is 22.8. The molecule has 0 unspecified atom stereocenters. The van der Waals surface area contributed by atoms with E-state index in [9.17, 15) is 9.59 Å². The van der Waals surface area contributed by atoms with Crippen LogP contribution in [0.25, 0.3) is 0 Å². The molecule has 9 heteroatoms. The molecular weight excluding hydrogens is 548 g/mol. The first-order valence-electron chi connectivity index (χ1n) is 11.9. The van der Waals surface area contributed by atoms with Crippen molar-refractivity contribution in [2.24, 2.45) is 0 Å². The van der Waals surface area contributed by atoms with Crippen molar-refractivity contribution >= 4 is 19.7 Å². The van der Waals surface area contributed by atoms with Crippen LogP contribution in [0.3, 0.4) is 0 Å². The molecule has 0 saturated carbocycles. The second kappa shape index (κ2) is 11.2. The van der Waals surface area contributed by atoms with Crippen LogP contribution in [-0.4, -0.2) is 11.9 Å². The Morgan fingerprint density at radius 3 is 1.41 bits per heavy atom. The minimum atomic E-state index is -5.19. The van der Waals surface area contributed by atoms with Gasteiger partial charge in [0.15, 0.2) is 0 Å². The van der Waals surface area contributed by atoms with Crippen molar-refractivity contribution in [1.82, 2.24) is 0 Å². The van der Waals surface area contributed by atoms with Gasteiger partial charge in [-0.3, -0.25) is 0 Å². The van der Waals surface area contributed by atoms with Crippen LogP contribution in [0.2, 0.25) is 0 Å². The molecule has 2 aromatic carbocycles. The average Bonchev–Trinajstić information content (AvgIpc) is 3.61. The summed E-state index contributed by atoms with van der Waals surface area (Å²) >= 11 is -5.19. The van der Waals surface area contributed by atoms with Crippen LogP contribution in [-0.2, 0) is 26.2 Å². The minimum absolute atomic E-state index is 0.0254. The van der Waals surface area contributed by atoms with Crippen LogP contribution in [0.15, 0.2) is 92.8 Å². The van der Waals surface area contributed by atoms with Crippen molar-refractivity contribution in [3.8, 4) is 11.5 Å². The van der Waals surface area contributed by atoms with E-state index in [0.717, 1.165) is 24.3 Å². The Bertz CT molecular complexity index is 1430. The quantitative estimate of drug-likeness (QED) is 0.128. The van der Waals surface area contributed by atoms with Crippen molar-refractivity contribution in [2.75, 3.05) is 0 Å². The molecule has 0 N–H and O–H groups in total. The fourth-order valence-corrected chi connectivity index (χ4v) is 12.9. The fraction of sp³-hybridized carbons (Fsp3) is 0.133. The second-order valence-corrected chi connectivity index (χ2v) is 15.1. The van der Waals surface area contributed by atoms with Crippen molar-refractivity contribution in [1.29, 1.82) is 0 Å². The van der Waals surface area contributed by atoms with E-state index in [-0.39, 0.29) is 24.0 Å². The van der Waals surface area contributed by atoms with Crippen molar-refractivity contribution in [3.05, 3.63) is 116 Å². The molecule has 2 aromatic rings. The Morgan fingerprint density at radius 1 is 0.718 bits per heavy atom. The van der Waals surface area contributed by atoms with Crippen LogP contribution in [0.5, 0.6) is 11.5 Å². The number of carbonyl (C=O) groups is 2. The first-order valence-corrected chi connectivity index (χ1v) is 15.1. The van der Waals surface area contributed by atoms with Crippen molar-refractivity contribution in [3.63, 3.8) is 0 Å². The van der Waals surface area contributed by atoms with Gasteiger partial charge in [-0.05, 0) is 0 Å². The monoisotopic (exact) mass is 572 g/mol. The summed E-state index contributed by atoms with van der Waals surface area (Å²) < 4.78 is 74.6. The SMILES string of the molecule is C=C(C)C(=O)Oc1ccc(F)[c]([Ti]([C]2=CC=CC2)([C]2=CC=CC2)[c]2c(F)ccc(OC(=O)C(=C)C)c2F)c1F. The van der Waals surface area contributed by atoms with Gasteiger partial charge >= 0.3 is 227 Å². The summed E-state index contributed by atoms with van der Waals surface area (Å²) in [6.07, 6.45) is 10.3. The van der Waals surface area contributed by atoms with Crippen LogP contribution in [0.1, 0.15) is 26.7 Å². The van der Waals surface area contributed by atoms with Gasteiger partial charge in [-0.15, -0.1) is 0 Å². The van der Waals surface area contributed by atoms with Gasteiger partial charge < -0.3 is 0 Å². The molecule has 0 amide bonds. The maximum absolute atomic E-state index is 16.4. The van der Waals surface area contributed by atoms with Gasteiger partial charge in [0.1, 0.15) is 0 Å². The van der Waals surface area contributed by atoms with Crippen LogP contribution in [0, 0.1) is 23.3 Å². The predicted octanol–water partition coefficient (Wildman–Crippen LogP) is 6.00. The number of hydrogen-bond acceptors (Lipinski definition) is 4. The number of ether oxygens (including phenoxy) is 2. The third-order valence-electron chi connectivity index (χ3n) is 6.47. The molecule has 2 aliphatic carbocycles. The Morgan fingerprint density at radius 2 is 1.10 bits per heavy atom. The van der Waals surface area contributed by atoms with Gasteiger partial charge in [0.2, 0.25) is 0 Å². The number of allylic oxidation sites excluding steroid dienone is 8. The Balaban J connectivity index is 2.12. The van der Waals surface area contributed by atoms with Crippen molar-refractivity contribution in [2.45, 2.75) is 26.7 Å². The topological polar surface area (TPSA) is 52.6 Å². The molecule has 0 aliphatic heterocycles. The maximum atomic E-state index is 16.4. The van der Waals surface area contributed by atoms with E-state index in [1.807, 2.05) is 0 Å². The zero-order valence-electron chi connectivity index (χ0n) is 21.2. The molecule has 0 atom stereocenters. The van der Waals surface area contributed by atoms with Gasteiger partial charge in [0.05, 0.1) is 0 Å². The van der Waals surface area contributed by atoms with E-state index >= 15 is 17.6 Å². The first kappa shape index (κ1) is 28.3. The van der Waals surface area contributed by atoms with E-state index in [0.29, 0.717) is 7.76 Å². The third kappa shape index (κ3) is 5.02. The van der Waals surface area contributed by atoms with Gasteiger partial charge in [-0.25, -0.2) is 0 Å². The molecule has 0 saturated heterocycles. The average molecular weight is 572 g/mol. The molecule has 0 aromatic heterocycles. The molecule has 0 bridgehead atoms. The Kier molecular flexibility index (Phi) is 8.09. The molecule has 0 fully saturated rings. The summed E-state index contributed by atoms with van der Waals surface area (Å²) in [7, 11) is 0. The second-order valence-electron chi connectivity index (χ2n) is 9.21. The number of hydrogen-bond donors (Lipinski definition) is 0. The van der Waals surface area contributed by atoms with Crippen LogP contribution in [0.4, 0.5) is 17.6 Å². The van der Waals surface area contributed by atoms with Gasteiger partial charge in [-0.1, -0.05) is 0 Å². The number of carbonyl (C=O) groups excluding carboxylic acids is 2. The molecular formula is C30H24F4O4Ti. The summed E-state index contributed by atoms with van der Waals surface area (Å²) in [6.45, 7) is 9.66. The normalized spacial score (nSPS) is 14.2. The molecule has 0 heterocycles. The molecule has 2 aliphatic rings. The van der Waals surface area contributed by atoms with E-state index in [1.165, 1.54) is 13.8 Å². The van der Waals surface area contributed by atoms with E-state index < -0.39 is 71.0 Å². The predicted molar refractivity (Wildman–Crippen MR) is 137 cm³/mol.